The number of halogens is 1. The molecule has 0 aliphatic heterocycles. The lowest BCUT2D eigenvalue weighted by Crippen LogP contribution is -2.47. The summed E-state index contributed by atoms with van der Waals surface area (Å²) in [5.41, 5.74) is 1.49. The lowest BCUT2D eigenvalue weighted by molar-refractivity contribution is 0.0554. The molecule has 0 aromatic heterocycles. The molecular formula is C16H24ClNO. The zero-order chi connectivity index (χ0) is 14.0. The molecule has 2 rings (SSSR count). The normalized spacial score (nSPS) is 26.2. The summed E-state index contributed by atoms with van der Waals surface area (Å²) in [4.78, 5) is 0. The molecular weight excluding hydrogens is 258 g/mol. The Morgan fingerprint density at radius 3 is 2.79 bits per heavy atom. The molecule has 1 aliphatic carbocycles. The van der Waals surface area contributed by atoms with E-state index >= 15 is 0 Å². The Balaban J connectivity index is 2.16. The van der Waals surface area contributed by atoms with E-state index in [-0.39, 0.29) is 6.10 Å². The molecule has 3 heteroatoms. The fraction of sp³-hybridized carbons (Fsp3) is 0.625. The molecule has 2 atom stereocenters. The Morgan fingerprint density at radius 2 is 2.11 bits per heavy atom. The number of likely N-dealkylation sites (N-methyl/N-ethyl adjacent to an activating group) is 1. The standard InChI is InChI=1S/C16H24ClNO/c1-11-5-6-12(17)9-14(11)19-15-10-16(2,3)8-7-13(15)18-4/h5-6,9,13,15,18H,7-8,10H2,1-4H3. The van der Waals surface area contributed by atoms with Crippen LogP contribution in [0.3, 0.4) is 0 Å². The molecule has 106 valence electrons. The van der Waals surface area contributed by atoms with Crippen molar-refractivity contribution in [1.82, 2.24) is 5.32 Å². The first kappa shape index (κ1) is 14.7. The van der Waals surface area contributed by atoms with E-state index in [0.717, 1.165) is 29.2 Å². The van der Waals surface area contributed by atoms with Gasteiger partial charge in [-0.1, -0.05) is 31.5 Å². The molecule has 1 fully saturated rings. The Morgan fingerprint density at radius 1 is 1.37 bits per heavy atom. The average Bonchev–Trinajstić information content (AvgIpc) is 2.33. The highest BCUT2D eigenvalue weighted by atomic mass is 35.5. The van der Waals surface area contributed by atoms with E-state index in [9.17, 15) is 0 Å². The maximum atomic E-state index is 6.26. The van der Waals surface area contributed by atoms with Crippen LogP contribution in [0.25, 0.3) is 0 Å². The van der Waals surface area contributed by atoms with Crippen molar-refractivity contribution >= 4 is 11.6 Å². The topological polar surface area (TPSA) is 21.3 Å². The quantitative estimate of drug-likeness (QED) is 0.897. The summed E-state index contributed by atoms with van der Waals surface area (Å²) in [6.07, 6.45) is 3.69. The van der Waals surface area contributed by atoms with E-state index in [2.05, 4.69) is 26.1 Å². The second kappa shape index (κ2) is 5.72. The first-order valence-corrected chi connectivity index (χ1v) is 7.39. The minimum absolute atomic E-state index is 0.214. The van der Waals surface area contributed by atoms with Crippen LogP contribution < -0.4 is 10.1 Å². The molecule has 1 aliphatic rings. The molecule has 0 heterocycles. The summed E-state index contributed by atoms with van der Waals surface area (Å²) in [5.74, 6) is 0.912. The van der Waals surface area contributed by atoms with Gasteiger partial charge in [0.15, 0.2) is 0 Å². The van der Waals surface area contributed by atoms with Crippen molar-refractivity contribution in [3.63, 3.8) is 0 Å². The molecule has 0 radical (unpaired) electrons. The molecule has 1 aromatic carbocycles. The van der Waals surface area contributed by atoms with Crippen LogP contribution in [0.1, 0.15) is 38.7 Å². The van der Waals surface area contributed by atoms with Gasteiger partial charge in [0.25, 0.3) is 0 Å². The third kappa shape index (κ3) is 3.64. The number of nitrogens with one attached hydrogen (secondary N) is 1. The van der Waals surface area contributed by atoms with Crippen LogP contribution in [-0.2, 0) is 0 Å². The molecule has 2 unspecified atom stereocenters. The van der Waals surface area contributed by atoms with Gasteiger partial charge < -0.3 is 10.1 Å². The summed E-state index contributed by atoms with van der Waals surface area (Å²) in [6, 6.07) is 6.27. The van der Waals surface area contributed by atoms with Crippen LogP contribution >= 0.6 is 11.6 Å². The summed E-state index contributed by atoms with van der Waals surface area (Å²) in [6.45, 7) is 6.70. The summed E-state index contributed by atoms with van der Waals surface area (Å²) in [5, 5.41) is 4.12. The third-order valence-corrected chi connectivity index (χ3v) is 4.37. The minimum Gasteiger partial charge on any atom is -0.488 e. The highest BCUT2D eigenvalue weighted by Gasteiger charge is 2.35. The molecule has 1 N–H and O–H groups in total. The van der Waals surface area contributed by atoms with E-state index in [1.54, 1.807) is 0 Å². The lowest BCUT2D eigenvalue weighted by atomic mass is 9.74. The number of ether oxygens (including phenoxy) is 1. The van der Waals surface area contributed by atoms with Crippen LogP contribution in [0, 0.1) is 12.3 Å². The molecule has 1 saturated carbocycles. The van der Waals surface area contributed by atoms with Crippen LogP contribution in [0.5, 0.6) is 5.75 Å². The first-order chi connectivity index (χ1) is 8.91. The maximum Gasteiger partial charge on any atom is 0.124 e. The summed E-state index contributed by atoms with van der Waals surface area (Å²) < 4.78 is 6.26. The number of hydrogen-bond donors (Lipinski definition) is 1. The SMILES string of the molecule is CNC1CCC(C)(C)CC1Oc1cc(Cl)ccc1C. The molecule has 0 bridgehead atoms. The van der Waals surface area contributed by atoms with Crippen molar-refractivity contribution in [3.8, 4) is 5.75 Å². The van der Waals surface area contributed by atoms with E-state index in [0.29, 0.717) is 11.5 Å². The average molecular weight is 282 g/mol. The van der Waals surface area contributed by atoms with E-state index in [1.807, 2.05) is 25.2 Å². The fourth-order valence-electron chi connectivity index (χ4n) is 2.84. The van der Waals surface area contributed by atoms with Crippen molar-refractivity contribution in [2.45, 2.75) is 52.2 Å². The van der Waals surface area contributed by atoms with E-state index < -0.39 is 0 Å². The van der Waals surface area contributed by atoms with Crippen LogP contribution in [0.15, 0.2) is 18.2 Å². The van der Waals surface area contributed by atoms with Gasteiger partial charge in [0, 0.05) is 11.1 Å². The Hall–Kier alpha value is -0.730. The second-order valence-corrected chi connectivity index (χ2v) is 6.80. The van der Waals surface area contributed by atoms with Gasteiger partial charge in [-0.2, -0.15) is 0 Å². The minimum atomic E-state index is 0.214. The maximum absolute atomic E-state index is 6.26. The van der Waals surface area contributed by atoms with Crippen molar-refractivity contribution < 1.29 is 4.74 Å². The smallest absolute Gasteiger partial charge is 0.124 e. The lowest BCUT2D eigenvalue weighted by Gasteiger charge is -2.40. The van der Waals surface area contributed by atoms with Crippen LogP contribution in [-0.4, -0.2) is 19.2 Å². The summed E-state index contributed by atoms with van der Waals surface area (Å²) >= 11 is 6.07. The highest BCUT2D eigenvalue weighted by molar-refractivity contribution is 6.30. The molecule has 0 amide bonds. The zero-order valence-electron chi connectivity index (χ0n) is 12.3. The summed E-state index contributed by atoms with van der Waals surface area (Å²) in [7, 11) is 2.02. The van der Waals surface area contributed by atoms with Crippen molar-refractivity contribution in [3.05, 3.63) is 28.8 Å². The first-order valence-electron chi connectivity index (χ1n) is 7.01. The highest BCUT2D eigenvalue weighted by Crippen LogP contribution is 2.37. The Kier molecular flexibility index (Phi) is 4.42. The Bertz CT molecular complexity index is 444. The van der Waals surface area contributed by atoms with Crippen molar-refractivity contribution in [2.24, 2.45) is 5.41 Å². The molecule has 19 heavy (non-hydrogen) atoms. The number of hydrogen-bond acceptors (Lipinski definition) is 2. The Labute approximate surface area is 121 Å². The molecule has 0 spiro atoms. The van der Waals surface area contributed by atoms with Gasteiger partial charge in [0.05, 0.1) is 0 Å². The monoisotopic (exact) mass is 281 g/mol. The van der Waals surface area contributed by atoms with Crippen molar-refractivity contribution in [1.29, 1.82) is 0 Å². The molecule has 0 saturated heterocycles. The van der Waals surface area contributed by atoms with Crippen molar-refractivity contribution in [2.75, 3.05) is 7.05 Å². The van der Waals surface area contributed by atoms with Gasteiger partial charge in [-0.25, -0.2) is 0 Å². The van der Waals surface area contributed by atoms with Gasteiger partial charge in [0.1, 0.15) is 11.9 Å². The fourth-order valence-corrected chi connectivity index (χ4v) is 3.00. The van der Waals surface area contributed by atoms with E-state index in [4.69, 9.17) is 16.3 Å². The van der Waals surface area contributed by atoms with Crippen LogP contribution in [0.2, 0.25) is 5.02 Å². The second-order valence-electron chi connectivity index (χ2n) is 6.37. The van der Waals surface area contributed by atoms with Gasteiger partial charge >= 0.3 is 0 Å². The molecule has 1 aromatic rings. The van der Waals surface area contributed by atoms with Gasteiger partial charge in [0.2, 0.25) is 0 Å². The van der Waals surface area contributed by atoms with Crippen LogP contribution in [0.4, 0.5) is 0 Å². The van der Waals surface area contributed by atoms with Gasteiger partial charge in [-0.05, 0) is 56.3 Å². The molecule has 2 nitrogen and oxygen atoms in total. The number of rotatable bonds is 3. The van der Waals surface area contributed by atoms with E-state index in [1.165, 1.54) is 6.42 Å². The van der Waals surface area contributed by atoms with Gasteiger partial charge in [-0.3, -0.25) is 0 Å². The zero-order valence-corrected chi connectivity index (χ0v) is 13.1. The van der Waals surface area contributed by atoms with Gasteiger partial charge in [-0.15, -0.1) is 0 Å². The third-order valence-electron chi connectivity index (χ3n) is 4.13. The largest absolute Gasteiger partial charge is 0.488 e. The number of aryl methyl sites for hydroxylation is 1. The predicted molar refractivity (Wildman–Crippen MR) is 81.1 cm³/mol. The predicted octanol–water partition coefficient (Wildman–Crippen LogP) is 4.19. The number of benzene rings is 1.